The van der Waals surface area contributed by atoms with Gasteiger partial charge in [-0.3, -0.25) is 14.5 Å². The van der Waals surface area contributed by atoms with Gasteiger partial charge in [0.05, 0.1) is 6.61 Å². The largest absolute Gasteiger partial charge is 0.395 e. The lowest BCUT2D eigenvalue weighted by atomic mass is 10.2. The second kappa shape index (κ2) is 6.67. The molecule has 0 spiro atoms. The number of amides is 1. The van der Waals surface area contributed by atoms with Crippen LogP contribution in [0.1, 0.15) is 22.5 Å². The molecule has 1 aromatic heterocycles. The molecule has 0 aliphatic carbocycles. The number of carbonyl (C=O) groups excluding carboxylic acids is 1. The van der Waals surface area contributed by atoms with Crippen LogP contribution >= 0.6 is 0 Å². The van der Waals surface area contributed by atoms with E-state index in [9.17, 15) is 9.59 Å². The van der Waals surface area contributed by atoms with E-state index in [4.69, 9.17) is 5.11 Å². The Balaban J connectivity index is 2.07. The molecule has 1 fully saturated rings. The number of aliphatic hydroxyl groups is 1. The minimum absolute atomic E-state index is 0.131. The number of nitrogens with one attached hydrogen (secondary N) is 1. The minimum atomic E-state index is -0.234. The van der Waals surface area contributed by atoms with Gasteiger partial charge < -0.3 is 15.0 Å². The van der Waals surface area contributed by atoms with Crippen molar-refractivity contribution in [2.24, 2.45) is 0 Å². The highest BCUT2D eigenvalue weighted by atomic mass is 16.3. The van der Waals surface area contributed by atoms with E-state index in [-0.39, 0.29) is 23.5 Å². The van der Waals surface area contributed by atoms with Crippen LogP contribution in [0.3, 0.4) is 0 Å². The molecular formula is C14H21N3O3. The Bertz CT molecular complexity index is 527. The molecule has 6 nitrogen and oxygen atoms in total. The maximum absolute atomic E-state index is 12.4. The first-order valence-electron chi connectivity index (χ1n) is 6.93. The van der Waals surface area contributed by atoms with Gasteiger partial charge in [-0.25, -0.2) is 0 Å². The van der Waals surface area contributed by atoms with Gasteiger partial charge in [-0.2, -0.15) is 0 Å². The first-order chi connectivity index (χ1) is 9.61. The van der Waals surface area contributed by atoms with Crippen molar-refractivity contribution in [2.45, 2.75) is 13.3 Å². The average molecular weight is 279 g/mol. The normalized spacial score (nSPS) is 17.0. The predicted octanol–water partition coefficient (Wildman–Crippen LogP) is -0.176. The van der Waals surface area contributed by atoms with Gasteiger partial charge in [-0.1, -0.05) is 0 Å². The molecule has 20 heavy (non-hydrogen) atoms. The number of aliphatic hydroxyl groups excluding tert-OH is 1. The maximum Gasteiger partial charge on any atom is 0.259 e. The molecule has 0 saturated carbocycles. The zero-order valence-corrected chi connectivity index (χ0v) is 11.8. The van der Waals surface area contributed by atoms with Crippen LogP contribution in [0, 0.1) is 6.92 Å². The van der Waals surface area contributed by atoms with E-state index >= 15 is 0 Å². The van der Waals surface area contributed by atoms with Crippen molar-refractivity contribution >= 4 is 5.91 Å². The number of β-amino-alcohol motifs (C(OH)–C–C–N with tert-alkyl or cyclic N) is 1. The Morgan fingerprint density at radius 2 is 2.15 bits per heavy atom. The third-order valence-corrected chi connectivity index (χ3v) is 3.58. The Morgan fingerprint density at radius 1 is 1.35 bits per heavy atom. The summed E-state index contributed by atoms with van der Waals surface area (Å²) in [6.45, 7) is 5.39. The van der Waals surface area contributed by atoms with Crippen molar-refractivity contribution in [2.75, 3.05) is 39.3 Å². The molecule has 1 aromatic rings. The zero-order valence-electron chi connectivity index (χ0n) is 11.8. The summed E-state index contributed by atoms with van der Waals surface area (Å²) in [4.78, 5) is 31.0. The van der Waals surface area contributed by atoms with Gasteiger partial charge in [0.2, 0.25) is 0 Å². The lowest BCUT2D eigenvalue weighted by Gasteiger charge is -2.21. The second-order valence-electron chi connectivity index (χ2n) is 5.10. The molecule has 0 bridgehead atoms. The summed E-state index contributed by atoms with van der Waals surface area (Å²) in [5, 5.41) is 8.96. The van der Waals surface area contributed by atoms with Crippen LogP contribution in [-0.4, -0.2) is 65.1 Å². The third-order valence-electron chi connectivity index (χ3n) is 3.58. The molecule has 0 aromatic carbocycles. The van der Waals surface area contributed by atoms with Gasteiger partial charge in [-0.15, -0.1) is 0 Å². The fourth-order valence-electron chi connectivity index (χ4n) is 2.45. The molecule has 6 heteroatoms. The zero-order chi connectivity index (χ0) is 14.5. The van der Waals surface area contributed by atoms with Crippen LogP contribution in [0.15, 0.2) is 17.1 Å². The molecule has 1 amide bonds. The monoisotopic (exact) mass is 279 g/mol. The van der Waals surface area contributed by atoms with Gasteiger partial charge in [0.15, 0.2) is 5.43 Å². The van der Waals surface area contributed by atoms with E-state index in [0.29, 0.717) is 19.6 Å². The van der Waals surface area contributed by atoms with Crippen LogP contribution in [0.4, 0.5) is 0 Å². The molecular weight excluding hydrogens is 258 g/mol. The lowest BCUT2D eigenvalue weighted by molar-refractivity contribution is 0.0759. The number of hydrogen-bond acceptors (Lipinski definition) is 4. The van der Waals surface area contributed by atoms with Crippen molar-refractivity contribution in [1.29, 1.82) is 0 Å². The molecule has 2 N–H and O–H groups in total. The van der Waals surface area contributed by atoms with Crippen molar-refractivity contribution < 1.29 is 9.90 Å². The summed E-state index contributed by atoms with van der Waals surface area (Å²) < 4.78 is 0. The Hall–Kier alpha value is -1.66. The maximum atomic E-state index is 12.4. The molecule has 1 aliphatic heterocycles. The molecule has 0 unspecified atom stereocenters. The Labute approximate surface area is 118 Å². The van der Waals surface area contributed by atoms with Crippen LogP contribution in [0.5, 0.6) is 0 Å². The second-order valence-corrected chi connectivity index (χ2v) is 5.10. The number of nitrogens with zero attached hydrogens (tertiary/aromatic N) is 2. The van der Waals surface area contributed by atoms with Crippen LogP contribution in [0.2, 0.25) is 0 Å². The number of pyridine rings is 1. The molecule has 1 saturated heterocycles. The molecule has 2 heterocycles. The molecule has 2 rings (SSSR count). The van der Waals surface area contributed by atoms with E-state index in [2.05, 4.69) is 9.88 Å². The average Bonchev–Trinajstić information content (AvgIpc) is 2.64. The summed E-state index contributed by atoms with van der Waals surface area (Å²) in [5.74, 6) is -0.211. The Morgan fingerprint density at radius 3 is 2.85 bits per heavy atom. The topological polar surface area (TPSA) is 76.6 Å². The summed E-state index contributed by atoms with van der Waals surface area (Å²) in [6.07, 6.45) is 2.35. The summed E-state index contributed by atoms with van der Waals surface area (Å²) in [7, 11) is 0. The van der Waals surface area contributed by atoms with Crippen LogP contribution in [-0.2, 0) is 0 Å². The number of hydrogen-bond donors (Lipinski definition) is 2. The van der Waals surface area contributed by atoms with Gasteiger partial charge in [0, 0.05) is 44.1 Å². The first-order valence-corrected chi connectivity index (χ1v) is 6.93. The van der Waals surface area contributed by atoms with Gasteiger partial charge in [-0.05, 0) is 19.9 Å². The van der Waals surface area contributed by atoms with Crippen LogP contribution < -0.4 is 5.43 Å². The molecule has 1 aliphatic rings. The standard InChI is InChI=1S/C14H21N3O3/c1-11-9-13(19)12(10-15-11)14(20)17-4-2-3-16(5-6-17)7-8-18/h9-10,18H,2-8H2,1H3,(H,15,19). The Kier molecular flexibility index (Phi) is 4.92. The summed E-state index contributed by atoms with van der Waals surface area (Å²) in [5.41, 5.74) is 0.713. The summed E-state index contributed by atoms with van der Waals surface area (Å²) in [6, 6.07) is 1.45. The smallest absolute Gasteiger partial charge is 0.259 e. The molecule has 110 valence electrons. The third kappa shape index (κ3) is 3.46. The van der Waals surface area contributed by atoms with Crippen molar-refractivity contribution in [1.82, 2.24) is 14.8 Å². The molecule has 0 atom stereocenters. The van der Waals surface area contributed by atoms with Crippen molar-refractivity contribution in [3.63, 3.8) is 0 Å². The highest BCUT2D eigenvalue weighted by Gasteiger charge is 2.21. The SMILES string of the molecule is Cc1cc(=O)c(C(=O)N2CCCN(CCO)CC2)c[nH]1. The van der Waals surface area contributed by atoms with E-state index in [1.807, 2.05) is 0 Å². The van der Waals surface area contributed by atoms with Gasteiger partial charge in [0.1, 0.15) is 5.56 Å². The fraction of sp³-hybridized carbons (Fsp3) is 0.571. The number of rotatable bonds is 3. The number of aromatic nitrogens is 1. The fourth-order valence-corrected chi connectivity index (χ4v) is 2.45. The van der Waals surface area contributed by atoms with Gasteiger partial charge in [0.25, 0.3) is 5.91 Å². The van der Waals surface area contributed by atoms with E-state index in [0.717, 1.165) is 25.2 Å². The van der Waals surface area contributed by atoms with Gasteiger partial charge >= 0.3 is 0 Å². The molecule has 0 radical (unpaired) electrons. The summed E-state index contributed by atoms with van der Waals surface area (Å²) >= 11 is 0. The van der Waals surface area contributed by atoms with Crippen molar-refractivity contribution in [3.8, 4) is 0 Å². The number of H-pyrrole nitrogens is 1. The first kappa shape index (κ1) is 14.7. The van der Waals surface area contributed by atoms with E-state index in [1.54, 1.807) is 11.8 Å². The minimum Gasteiger partial charge on any atom is -0.395 e. The number of aromatic amines is 1. The highest BCUT2D eigenvalue weighted by molar-refractivity contribution is 5.93. The quantitative estimate of drug-likeness (QED) is 0.805. The highest BCUT2D eigenvalue weighted by Crippen LogP contribution is 2.06. The number of aryl methyl sites for hydroxylation is 1. The van der Waals surface area contributed by atoms with Crippen LogP contribution in [0.25, 0.3) is 0 Å². The van der Waals surface area contributed by atoms with Crippen molar-refractivity contribution in [3.05, 3.63) is 33.7 Å². The predicted molar refractivity (Wildman–Crippen MR) is 75.8 cm³/mol. The van der Waals surface area contributed by atoms with E-state index < -0.39 is 0 Å². The lowest BCUT2D eigenvalue weighted by Crippen LogP contribution is -2.37. The number of carbonyl (C=O) groups is 1. The van der Waals surface area contributed by atoms with E-state index in [1.165, 1.54) is 12.3 Å².